The second-order valence-electron chi connectivity index (χ2n) is 6.00. The van der Waals surface area contributed by atoms with E-state index in [0.717, 1.165) is 12.3 Å². The van der Waals surface area contributed by atoms with Crippen molar-refractivity contribution < 1.29 is 9.18 Å². The van der Waals surface area contributed by atoms with Gasteiger partial charge in [0.1, 0.15) is 0 Å². The molecule has 1 aromatic carbocycles. The summed E-state index contributed by atoms with van der Waals surface area (Å²) in [5.41, 5.74) is 0.612. The van der Waals surface area contributed by atoms with Crippen LogP contribution in [0, 0.1) is 11.7 Å². The summed E-state index contributed by atoms with van der Waals surface area (Å²) in [5.74, 6) is 1.17. The molecule has 25 heavy (non-hydrogen) atoms. The molecule has 3 heterocycles. The molecule has 1 amide bonds. The summed E-state index contributed by atoms with van der Waals surface area (Å²) >= 11 is 1.55. The van der Waals surface area contributed by atoms with E-state index in [4.69, 9.17) is 0 Å². The number of nitrogens with zero attached hydrogens (tertiary/aromatic N) is 4. The van der Waals surface area contributed by atoms with Crippen LogP contribution >= 0.6 is 11.8 Å². The second-order valence-corrected chi connectivity index (χ2v) is 7.01. The Morgan fingerprint density at radius 2 is 1.96 bits per heavy atom. The maximum absolute atomic E-state index is 13.0. The number of thioether (sulfide) groups is 1. The SMILES string of the molecule is O=C(NC1=NC2CN(c3ncc(F)cn3)C[C@H]2CS1)c1ccccc1. The number of carbonyl (C=O) groups excluding carboxylic acids is 1. The van der Waals surface area contributed by atoms with E-state index in [2.05, 4.69) is 20.3 Å². The van der Waals surface area contributed by atoms with Crippen molar-refractivity contribution in [1.29, 1.82) is 0 Å². The summed E-state index contributed by atoms with van der Waals surface area (Å²) < 4.78 is 13.0. The summed E-state index contributed by atoms with van der Waals surface area (Å²) in [7, 11) is 0. The van der Waals surface area contributed by atoms with Crippen molar-refractivity contribution in [2.75, 3.05) is 23.7 Å². The fourth-order valence-electron chi connectivity index (χ4n) is 3.00. The Bertz CT molecular complexity index is 798. The monoisotopic (exact) mass is 357 g/mol. The highest BCUT2D eigenvalue weighted by Crippen LogP contribution is 2.30. The number of anilines is 1. The van der Waals surface area contributed by atoms with Gasteiger partial charge in [-0.3, -0.25) is 9.79 Å². The minimum atomic E-state index is -0.445. The van der Waals surface area contributed by atoms with Gasteiger partial charge >= 0.3 is 0 Å². The van der Waals surface area contributed by atoms with Gasteiger partial charge in [-0.15, -0.1) is 0 Å². The highest BCUT2D eigenvalue weighted by molar-refractivity contribution is 8.13. The Hall–Kier alpha value is -2.48. The van der Waals surface area contributed by atoms with E-state index in [-0.39, 0.29) is 11.9 Å². The van der Waals surface area contributed by atoms with Crippen LogP contribution in [-0.4, -0.2) is 45.9 Å². The second kappa shape index (κ2) is 6.79. The van der Waals surface area contributed by atoms with E-state index in [1.165, 1.54) is 12.4 Å². The first kappa shape index (κ1) is 16.0. The lowest BCUT2D eigenvalue weighted by Gasteiger charge is -2.21. The van der Waals surface area contributed by atoms with Crippen LogP contribution in [0.3, 0.4) is 0 Å². The zero-order chi connectivity index (χ0) is 17.2. The fourth-order valence-corrected chi connectivity index (χ4v) is 4.07. The summed E-state index contributed by atoms with van der Waals surface area (Å²) in [6.07, 6.45) is 2.35. The van der Waals surface area contributed by atoms with Crippen molar-refractivity contribution in [3.8, 4) is 0 Å². The van der Waals surface area contributed by atoms with E-state index >= 15 is 0 Å². The topological polar surface area (TPSA) is 70.5 Å². The first-order valence-electron chi connectivity index (χ1n) is 7.98. The van der Waals surface area contributed by atoms with Crippen LogP contribution in [0.2, 0.25) is 0 Å². The number of nitrogens with one attached hydrogen (secondary N) is 1. The number of benzene rings is 1. The van der Waals surface area contributed by atoms with Crippen molar-refractivity contribution in [2.45, 2.75) is 6.04 Å². The molecule has 2 aromatic rings. The van der Waals surface area contributed by atoms with Crippen molar-refractivity contribution >= 4 is 28.8 Å². The van der Waals surface area contributed by atoms with E-state index < -0.39 is 5.82 Å². The lowest BCUT2D eigenvalue weighted by Crippen LogP contribution is -2.35. The van der Waals surface area contributed by atoms with Crippen LogP contribution in [0.15, 0.2) is 47.7 Å². The summed E-state index contributed by atoms with van der Waals surface area (Å²) in [6.45, 7) is 1.45. The zero-order valence-corrected chi connectivity index (χ0v) is 14.1. The van der Waals surface area contributed by atoms with Crippen molar-refractivity contribution in [1.82, 2.24) is 15.3 Å². The van der Waals surface area contributed by atoms with E-state index in [0.29, 0.717) is 29.1 Å². The molecule has 0 radical (unpaired) electrons. The number of rotatable bonds is 2. The standard InChI is InChI=1S/C17H16FN5OS/c18-13-6-19-16(20-7-13)23-8-12-10-25-17(21-14(12)9-23)22-15(24)11-4-2-1-3-5-11/h1-7,12,14H,8-10H2,(H,21,22,24)/t12-,14?/m0/s1. The lowest BCUT2D eigenvalue weighted by molar-refractivity contribution is 0.0977. The number of aromatic nitrogens is 2. The molecular weight excluding hydrogens is 341 g/mol. The highest BCUT2D eigenvalue weighted by atomic mass is 32.2. The molecule has 1 saturated heterocycles. The van der Waals surface area contributed by atoms with Gasteiger partial charge in [0.05, 0.1) is 18.4 Å². The smallest absolute Gasteiger partial charge is 0.257 e. The van der Waals surface area contributed by atoms with Crippen LogP contribution in [0.1, 0.15) is 10.4 Å². The Labute approximate surface area is 148 Å². The number of aliphatic imine (C=N–C) groups is 1. The van der Waals surface area contributed by atoms with Crippen molar-refractivity contribution in [3.05, 3.63) is 54.1 Å². The summed E-state index contributed by atoms with van der Waals surface area (Å²) in [6, 6.07) is 9.17. The fraction of sp³-hybridized carbons (Fsp3) is 0.294. The average molecular weight is 357 g/mol. The number of hydrogen-bond donors (Lipinski definition) is 1. The minimum Gasteiger partial charge on any atom is -0.338 e. The number of halogens is 1. The summed E-state index contributed by atoms with van der Waals surface area (Å²) in [5, 5.41) is 3.53. The molecule has 1 unspecified atom stereocenters. The van der Waals surface area contributed by atoms with Crippen LogP contribution < -0.4 is 10.2 Å². The van der Waals surface area contributed by atoms with Crippen LogP contribution in [0.25, 0.3) is 0 Å². The Morgan fingerprint density at radius 3 is 2.72 bits per heavy atom. The largest absolute Gasteiger partial charge is 0.338 e. The van der Waals surface area contributed by atoms with E-state index in [1.54, 1.807) is 23.9 Å². The zero-order valence-electron chi connectivity index (χ0n) is 13.3. The van der Waals surface area contributed by atoms with E-state index in [9.17, 15) is 9.18 Å². The molecule has 1 N–H and O–H groups in total. The van der Waals surface area contributed by atoms with Crippen molar-refractivity contribution in [3.63, 3.8) is 0 Å². The van der Waals surface area contributed by atoms with Gasteiger partial charge in [-0.25, -0.2) is 14.4 Å². The Balaban J connectivity index is 1.43. The van der Waals surface area contributed by atoms with Gasteiger partial charge in [-0.2, -0.15) is 0 Å². The molecule has 0 saturated carbocycles. The number of fused-ring (bicyclic) bond motifs is 1. The molecule has 2 aliphatic rings. The quantitative estimate of drug-likeness (QED) is 0.890. The first-order chi connectivity index (χ1) is 12.2. The molecule has 2 aliphatic heterocycles. The maximum Gasteiger partial charge on any atom is 0.257 e. The third kappa shape index (κ3) is 3.48. The lowest BCUT2D eigenvalue weighted by atomic mass is 10.1. The molecule has 1 aromatic heterocycles. The maximum atomic E-state index is 13.0. The third-order valence-electron chi connectivity index (χ3n) is 4.27. The van der Waals surface area contributed by atoms with Gasteiger partial charge in [-0.05, 0) is 12.1 Å². The molecule has 8 heteroatoms. The molecule has 6 nitrogen and oxygen atoms in total. The van der Waals surface area contributed by atoms with Crippen LogP contribution in [0.4, 0.5) is 10.3 Å². The molecule has 4 rings (SSSR count). The van der Waals surface area contributed by atoms with Gasteiger partial charge in [0.25, 0.3) is 5.91 Å². The molecule has 1 fully saturated rings. The minimum absolute atomic E-state index is 0.0842. The summed E-state index contributed by atoms with van der Waals surface area (Å²) in [4.78, 5) is 27.0. The average Bonchev–Trinajstić information content (AvgIpc) is 3.06. The van der Waals surface area contributed by atoms with Crippen LogP contribution in [0.5, 0.6) is 0 Å². The Morgan fingerprint density at radius 1 is 1.20 bits per heavy atom. The molecule has 128 valence electrons. The molecule has 0 spiro atoms. The highest BCUT2D eigenvalue weighted by Gasteiger charge is 2.37. The molecule has 2 atom stereocenters. The molecule has 0 aliphatic carbocycles. The Kier molecular flexibility index (Phi) is 4.35. The predicted molar refractivity (Wildman–Crippen MR) is 95.3 cm³/mol. The number of carbonyl (C=O) groups is 1. The normalized spacial score (nSPS) is 22.3. The van der Waals surface area contributed by atoms with Gasteiger partial charge in [0, 0.05) is 30.3 Å². The number of amides is 1. The van der Waals surface area contributed by atoms with Crippen molar-refractivity contribution in [2.24, 2.45) is 10.9 Å². The number of hydrogen-bond acceptors (Lipinski definition) is 6. The molecular formula is C17H16FN5OS. The number of amidine groups is 1. The third-order valence-corrected chi connectivity index (χ3v) is 5.35. The predicted octanol–water partition coefficient (Wildman–Crippen LogP) is 1.95. The van der Waals surface area contributed by atoms with Gasteiger partial charge in [0.2, 0.25) is 5.95 Å². The van der Waals surface area contributed by atoms with E-state index in [1.807, 2.05) is 23.1 Å². The first-order valence-corrected chi connectivity index (χ1v) is 8.97. The van der Waals surface area contributed by atoms with Gasteiger partial charge < -0.3 is 10.2 Å². The van der Waals surface area contributed by atoms with Gasteiger partial charge in [-0.1, -0.05) is 30.0 Å². The van der Waals surface area contributed by atoms with Crippen LogP contribution in [-0.2, 0) is 0 Å². The van der Waals surface area contributed by atoms with Gasteiger partial charge in [0.15, 0.2) is 11.0 Å². The molecule has 0 bridgehead atoms.